The van der Waals surface area contributed by atoms with Crippen LogP contribution < -0.4 is 0 Å². The lowest BCUT2D eigenvalue weighted by Gasteiger charge is -2.31. The van der Waals surface area contributed by atoms with Gasteiger partial charge in [0, 0.05) is 19.3 Å². The second-order valence-corrected chi connectivity index (χ2v) is 7.35. The lowest BCUT2D eigenvalue weighted by molar-refractivity contribution is -0.145. The summed E-state index contributed by atoms with van der Waals surface area (Å²) >= 11 is 0. The molecule has 4 heteroatoms. The third kappa shape index (κ3) is 4.50. The summed E-state index contributed by atoms with van der Waals surface area (Å²) in [6.07, 6.45) is 1.52. The number of hydrogen-bond donors (Lipinski definition) is 0. The highest BCUT2D eigenvalue weighted by Gasteiger charge is 2.41. The highest BCUT2D eigenvalue weighted by atomic mass is 16.5. The number of benzene rings is 1. The van der Waals surface area contributed by atoms with E-state index in [0.29, 0.717) is 12.8 Å². The van der Waals surface area contributed by atoms with Gasteiger partial charge in [0.2, 0.25) is 0 Å². The third-order valence-corrected chi connectivity index (χ3v) is 5.14. The zero-order chi connectivity index (χ0) is 18.6. The van der Waals surface area contributed by atoms with Crippen LogP contribution in [0.15, 0.2) is 41.5 Å². The number of carbonyl (C=O) groups is 2. The fraction of sp³-hybridized carbons (Fsp3) is 0.524. The monoisotopic (exact) mass is 344 g/mol. The zero-order valence-electron chi connectivity index (χ0n) is 15.8. The molecule has 0 heterocycles. The van der Waals surface area contributed by atoms with E-state index in [2.05, 4.69) is 32.9 Å². The van der Waals surface area contributed by atoms with Gasteiger partial charge in [0.1, 0.15) is 6.10 Å². The molecule has 1 aromatic carbocycles. The molecule has 0 bridgehead atoms. The summed E-state index contributed by atoms with van der Waals surface area (Å²) in [5.41, 5.74) is 3.37. The van der Waals surface area contributed by atoms with E-state index in [1.165, 1.54) is 25.2 Å². The van der Waals surface area contributed by atoms with Crippen molar-refractivity contribution in [2.24, 2.45) is 5.41 Å². The van der Waals surface area contributed by atoms with Gasteiger partial charge in [-0.3, -0.25) is 9.59 Å². The van der Waals surface area contributed by atoms with Gasteiger partial charge < -0.3 is 9.47 Å². The van der Waals surface area contributed by atoms with E-state index >= 15 is 0 Å². The van der Waals surface area contributed by atoms with E-state index in [4.69, 9.17) is 9.47 Å². The molecule has 0 aromatic heterocycles. The number of allylic oxidation sites excluding steroid dienone is 1. The molecule has 0 radical (unpaired) electrons. The van der Waals surface area contributed by atoms with Gasteiger partial charge in [0.25, 0.3) is 0 Å². The zero-order valence-corrected chi connectivity index (χ0v) is 15.8. The van der Waals surface area contributed by atoms with Crippen molar-refractivity contribution in [3.05, 3.63) is 47.0 Å². The molecule has 4 nitrogen and oxygen atoms in total. The molecule has 136 valence electrons. The summed E-state index contributed by atoms with van der Waals surface area (Å²) in [4.78, 5) is 23.2. The van der Waals surface area contributed by atoms with Gasteiger partial charge in [-0.1, -0.05) is 49.8 Å². The van der Waals surface area contributed by atoms with Crippen LogP contribution in [-0.4, -0.2) is 25.2 Å². The summed E-state index contributed by atoms with van der Waals surface area (Å²) in [6, 6.07) is 10.3. The predicted molar refractivity (Wildman–Crippen MR) is 97.1 cm³/mol. The van der Waals surface area contributed by atoms with E-state index in [9.17, 15) is 9.59 Å². The number of carbonyl (C=O) groups excluding carboxylic acids is 2. The van der Waals surface area contributed by atoms with E-state index < -0.39 is 0 Å². The van der Waals surface area contributed by atoms with Crippen LogP contribution in [0.3, 0.4) is 0 Å². The summed E-state index contributed by atoms with van der Waals surface area (Å²) < 4.78 is 10.4. The van der Waals surface area contributed by atoms with Crippen LogP contribution in [-0.2, 0) is 19.1 Å². The summed E-state index contributed by atoms with van der Waals surface area (Å²) in [6.45, 7) is 7.79. The summed E-state index contributed by atoms with van der Waals surface area (Å²) in [5, 5.41) is 0. The number of rotatable bonds is 6. The van der Waals surface area contributed by atoms with Crippen LogP contribution in [0.2, 0.25) is 0 Å². The molecule has 1 aliphatic carbocycles. The van der Waals surface area contributed by atoms with Gasteiger partial charge in [0.15, 0.2) is 0 Å². The van der Waals surface area contributed by atoms with Crippen LogP contribution in [0.1, 0.15) is 58.4 Å². The van der Waals surface area contributed by atoms with Gasteiger partial charge in [-0.25, -0.2) is 0 Å². The first kappa shape index (κ1) is 19.2. The quantitative estimate of drug-likeness (QED) is 0.567. The minimum Gasteiger partial charge on any atom is -0.469 e. The molecule has 0 saturated heterocycles. The van der Waals surface area contributed by atoms with Crippen LogP contribution in [0.25, 0.3) is 0 Å². The van der Waals surface area contributed by atoms with E-state index in [-0.39, 0.29) is 29.4 Å². The average Bonchev–Trinajstić information content (AvgIpc) is 2.89. The number of hydrogen-bond acceptors (Lipinski definition) is 4. The second-order valence-electron chi connectivity index (χ2n) is 7.35. The molecule has 0 fully saturated rings. The molecule has 1 aromatic rings. The van der Waals surface area contributed by atoms with Crippen molar-refractivity contribution in [1.29, 1.82) is 0 Å². The van der Waals surface area contributed by atoms with Crippen molar-refractivity contribution >= 4 is 11.9 Å². The molecule has 0 spiro atoms. The number of esters is 2. The minimum atomic E-state index is -0.271. The Morgan fingerprint density at radius 3 is 2.40 bits per heavy atom. The van der Waals surface area contributed by atoms with E-state index in [1.54, 1.807) is 0 Å². The van der Waals surface area contributed by atoms with Gasteiger partial charge >= 0.3 is 11.9 Å². The van der Waals surface area contributed by atoms with Gasteiger partial charge in [-0.15, -0.1) is 0 Å². The van der Waals surface area contributed by atoms with Gasteiger partial charge in [-0.05, 0) is 36.3 Å². The van der Waals surface area contributed by atoms with Crippen LogP contribution in [0.4, 0.5) is 0 Å². The Bertz CT molecular complexity index is 658. The minimum absolute atomic E-state index is 0.215. The van der Waals surface area contributed by atoms with Crippen molar-refractivity contribution < 1.29 is 19.1 Å². The maximum absolute atomic E-state index is 11.6. The Balaban J connectivity index is 2.34. The smallest absolute Gasteiger partial charge is 0.305 e. The van der Waals surface area contributed by atoms with Crippen molar-refractivity contribution in [1.82, 2.24) is 0 Å². The molecule has 0 N–H and O–H groups in total. The largest absolute Gasteiger partial charge is 0.469 e. The van der Waals surface area contributed by atoms with Crippen LogP contribution in [0.5, 0.6) is 0 Å². The first-order valence-electron chi connectivity index (χ1n) is 8.76. The highest BCUT2D eigenvalue weighted by molar-refractivity contribution is 5.69. The van der Waals surface area contributed by atoms with Crippen molar-refractivity contribution in [2.45, 2.75) is 59.0 Å². The SMILES string of the molecule is COC(=O)CCC(C)(C)C1=C(C)[C@@H](c2ccccc2)C[C@H]1OC(C)=O. The normalized spacial score (nSPS) is 20.5. The first-order valence-corrected chi connectivity index (χ1v) is 8.76. The Morgan fingerprint density at radius 2 is 1.84 bits per heavy atom. The lowest BCUT2D eigenvalue weighted by Crippen LogP contribution is -2.27. The molecule has 25 heavy (non-hydrogen) atoms. The Morgan fingerprint density at radius 1 is 1.20 bits per heavy atom. The van der Waals surface area contributed by atoms with E-state index in [0.717, 1.165) is 12.0 Å². The molecule has 0 unspecified atom stereocenters. The fourth-order valence-electron chi connectivity index (χ4n) is 3.95. The molecule has 1 aliphatic rings. The topological polar surface area (TPSA) is 52.6 Å². The second kappa shape index (κ2) is 7.85. The molecular formula is C21H28O4. The standard InChI is InChI=1S/C21H28O4/c1-14-17(16-9-7-6-8-10-16)13-18(25-15(2)22)20(14)21(3,4)12-11-19(23)24-5/h6-10,17-18H,11-13H2,1-5H3/t17-,18+/m0/s1. The Hall–Kier alpha value is -2.10. The molecule has 2 atom stereocenters. The first-order chi connectivity index (χ1) is 11.8. The lowest BCUT2D eigenvalue weighted by atomic mass is 9.77. The van der Waals surface area contributed by atoms with Crippen molar-refractivity contribution in [2.75, 3.05) is 7.11 Å². The predicted octanol–water partition coefficient (Wildman–Crippen LogP) is 4.40. The molecule has 2 rings (SSSR count). The highest BCUT2D eigenvalue weighted by Crippen LogP contribution is 2.49. The summed E-state index contributed by atoms with van der Waals surface area (Å²) in [5.74, 6) is -0.251. The van der Waals surface area contributed by atoms with Crippen molar-refractivity contribution in [3.8, 4) is 0 Å². The maximum atomic E-state index is 11.6. The van der Waals surface area contributed by atoms with Gasteiger partial charge in [-0.2, -0.15) is 0 Å². The van der Waals surface area contributed by atoms with Crippen molar-refractivity contribution in [3.63, 3.8) is 0 Å². The van der Waals surface area contributed by atoms with E-state index in [1.807, 2.05) is 18.2 Å². The van der Waals surface area contributed by atoms with Crippen LogP contribution >= 0.6 is 0 Å². The summed E-state index contributed by atoms with van der Waals surface area (Å²) in [7, 11) is 1.41. The Labute approximate surface area is 150 Å². The number of ether oxygens (including phenoxy) is 2. The average molecular weight is 344 g/mol. The molecule has 0 amide bonds. The molecule has 0 aliphatic heterocycles. The Kier molecular flexibility index (Phi) is 6.04. The third-order valence-electron chi connectivity index (χ3n) is 5.14. The molecule has 0 saturated carbocycles. The van der Waals surface area contributed by atoms with Crippen LogP contribution in [0, 0.1) is 5.41 Å². The molecular weight excluding hydrogens is 316 g/mol. The number of methoxy groups -OCH3 is 1. The van der Waals surface area contributed by atoms with Gasteiger partial charge in [0.05, 0.1) is 7.11 Å². The maximum Gasteiger partial charge on any atom is 0.305 e. The fourth-order valence-corrected chi connectivity index (χ4v) is 3.95.